The Kier molecular flexibility index (Phi) is 2.95. The second-order valence-corrected chi connectivity index (χ2v) is 3.26. The number of hydrogen-bond donors (Lipinski definition) is 1. The number of hydrogen-bond acceptors (Lipinski definition) is 5. The smallest absolute Gasteiger partial charge is 0.235 e. The Labute approximate surface area is 93.3 Å². The van der Waals surface area contributed by atoms with Gasteiger partial charge in [-0.05, 0) is 11.6 Å². The van der Waals surface area contributed by atoms with Crippen LogP contribution in [0.3, 0.4) is 0 Å². The van der Waals surface area contributed by atoms with Crippen LogP contribution in [-0.2, 0) is 6.42 Å². The van der Waals surface area contributed by atoms with Crippen molar-refractivity contribution in [1.29, 1.82) is 0 Å². The van der Waals surface area contributed by atoms with Crippen LogP contribution in [0, 0.1) is 0 Å². The summed E-state index contributed by atoms with van der Waals surface area (Å²) in [6.45, 7) is 0. The average Bonchev–Trinajstić information content (AvgIpc) is 2.33. The fourth-order valence-electron chi connectivity index (χ4n) is 1.41. The molecule has 2 heterocycles. The van der Waals surface area contributed by atoms with Crippen molar-refractivity contribution >= 4 is 5.69 Å². The van der Waals surface area contributed by atoms with Gasteiger partial charge in [0.15, 0.2) is 0 Å². The minimum atomic E-state index is 0.519. The third-order valence-electron chi connectivity index (χ3n) is 2.23. The quantitative estimate of drug-likeness (QED) is 0.830. The minimum absolute atomic E-state index is 0.519. The van der Waals surface area contributed by atoms with Gasteiger partial charge in [0.2, 0.25) is 5.88 Å². The second kappa shape index (κ2) is 4.57. The predicted octanol–water partition coefficient (Wildman–Crippen LogP) is 1.05. The molecular formula is C11H12N4O. The Morgan fingerprint density at radius 1 is 1.25 bits per heavy atom. The molecule has 0 fully saturated rings. The zero-order chi connectivity index (χ0) is 11.4. The molecular weight excluding hydrogens is 204 g/mol. The van der Waals surface area contributed by atoms with E-state index in [1.165, 1.54) is 0 Å². The molecule has 5 heteroatoms. The van der Waals surface area contributed by atoms with E-state index in [0.29, 0.717) is 18.0 Å². The molecule has 0 spiro atoms. The Morgan fingerprint density at radius 3 is 2.81 bits per heavy atom. The summed E-state index contributed by atoms with van der Waals surface area (Å²) in [5, 5.41) is 0. The number of aromatic nitrogens is 3. The van der Waals surface area contributed by atoms with Crippen LogP contribution in [0.4, 0.5) is 5.69 Å². The van der Waals surface area contributed by atoms with Crippen LogP contribution in [0.1, 0.15) is 11.3 Å². The molecule has 0 aliphatic heterocycles. The molecule has 5 nitrogen and oxygen atoms in total. The lowest BCUT2D eigenvalue weighted by atomic mass is 10.1. The van der Waals surface area contributed by atoms with Crippen LogP contribution in [0.25, 0.3) is 0 Å². The highest BCUT2D eigenvalue weighted by atomic mass is 16.5. The molecule has 0 saturated carbocycles. The first-order valence-corrected chi connectivity index (χ1v) is 4.83. The highest BCUT2D eigenvalue weighted by Gasteiger charge is 2.08. The summed E-state index contributed by atoms with van der Waals surface area (Å²) in [5.74, 6) is 0.519. The van der Waals surface area contributed by atoms with Crippen molar-refractivity contribution in [3.05, 3.63) is 42.1 Å². The van der Waals surface area contributed by atoms with Gasteiger partial charge in [-0.15, -0.1) is 0 Å². The lowest BCUT2D eigenvalue weighted by Gasteiger charge is -2.07. The molecule has 2 rings (SSSR count). The first-order valence-electron chi connectivity index (χ1n) is 4.83. The zero-order valence-electron chi connectivity index (χ0n) is 8.92. The number of methoxy groups -OCH3 is 1. The fourth-order valence-corrected chi connectivity index (χ4v) is 1.41. The van der Waals surface area contributed by atoms with E-state index in [1.54, 1.807) is 38.0 Å². The van der Waals surface area contributed by atoms with E-state index >= 15 is 0 Å². The molecule has 0 aromatic carbocycles. The van der Waals surface area contributed by atoms with E-state index < -0.39 is 0 Å². The Morgan fingerprint density at radius 2 is 2.06 bits per heavy atom. The monoisotopic (exact) mass is 216 g/mol. The maximum absolute atomic E-state index is 5.83. The Bertz CT molecular complexity index is 487. The molecule has 0 aliphatic carbocycles. The largest absolute Gasteiger partial charge is 0.480 e. The number of anilines is 1. The summed E-state index contributed by atoms with van der Waals surface area (Å²) in [4.78, 5) is 12.3. The van der Waals surface area contributed by atoms with Gasteiger partial charge in [0.1, 0.15) is 5.69 Å². The summed E-state index contributed by atoms with van der Waals surface area (Å²) in [6, 6.07) is 1.76. The normalized spacial score (nSPS) is 10.1. The lowest BCUT2D eigenvalue weighted by molar-refractivity contribution is 0.390. The highest BCUT2D eigenvalue weighted by Crippen LogP contribution is 2.18. The number of pyridine rings is 1. The zero-order valence-corrected chi connectivity index (χ0v) is 8.92. The SMILES string of the molecule is COc1nccnc1Cc1cnccc1N. The van der Waals surface area contributed by atoms with E-state index in [9.17, 15) is 0 Å². The summed E-state index contributed by atoms with van der Waals surface area (Å²) in [5.41, 5.74) is 8.20. The summed E-state index contributed by atoms with van der Waals surface area (Å²) < 4.78 is 5.12. The molecule has 2 N–H and O–H groups in total. The second-order valence-electron chi connectivity index (χ2n) is 3.26. The van der Waals surface area contributed by atoms with Gasteiger partial charge in [0, 0.05) is 36.9 Å². The van der Waals surface area contributed by atoms with Gasteiger partial charge in [-0.3, -0.25) is 9.97 Å². The Hall–Kier alpha value is -2.17. The van der Waals surface area contributed by atoms with Gasteiger partial charge in [0.25, 0.3) is 0 Å². The van der Waals surface area contributed by atoms with Crippen LogP contribution in [0.5, 0.6) is 5.88 Å². The molecule has 0 bridgehead atoms. The number of rotatable bonds is 3. The molecule has 0 aliphatic rings. The predicted molar refractivity (Wildman–Crippen MR) is 60.0 cm³/mol. The minimum Gasteiger partial charge on any atom is -0.480 e. The molecule has 0 atom stereocenters. The van der Waals surface area contributed by atoms with Crippen LogP contribution in [0.2, 0.25) is 0 Å². The van der Waals surface area contributed by atoms with E-state index in [1.807, 2.05) is 0 Å². The number of ether oxygens (including phenoxy) is 1. The molecule has 82 valence electrons. The van der Waals surface area contributed by atoms with E-state index in [2.05, 4.69) is 15.0 Å². The van der Waals surface area contributed by atoms with Crippen molar-refractivity contribution < 1.29 is 4.74 Å². The standard InChI is InChI=1S/C11H12N4O/c1-16-11-10(14-4-5-15-11)6-8-7-13-3-2-9(8)12/h2-5,7H,6H2,1H3,(H2,12,13). The molecule has 0 unspecified atom stereocenters. The van der Waals surface area contributed by atoms with Crippen LogP contribution in [0.15, 0.2) is 30.9 Å². The van der Waals surface area contributed by atoms with Crippen molar-refractivity contribution in [3.63, 3.8) is 0 Å². The van der Waals surface area contributed by atoms with Gasteiger partial charge in [-0.25, -0.2) is 4.98 Å². The summed E-state index contributed by atoms with van der Waals surface area (Å²) >= 11 is 0. The van der Waals surface area contributed by atoms with Crippen molar-refractivity contribution in [3.8, 4) is 5.88 Å². The van der Waals surface area contributed by atoms with E-state index in [4.69, 9.17) is 10.5 Å². The third-order valence-corrected chi connectivity index (χ3v) is 2.23. The van der Waals surface area contributed by atoms with Crippen molar-refractivity contribution in [2.45, 2.75) is 6.42 Å². The van der Waals surface area contributed by atoms with Crippen molar-refractivity contribution in [1.82, 2.24) is 15.0 Å². The Balaban J connectivity index is 2.30. The van der Waals surface area contributed by atoms with Gasteiger partial charge >= 0.3 is 0 Å². The summed E-state index contributed by atoms with van der Waals surface area (Å²) in [6.07, 6.45) is 7.17. The first-order chi connectivity index (χ1) is 7.81. The van der Waals surface area contributed by atoms with Crippen molar-refractivity contribution in [2.24, 2.45) is 0 Å². The fraction of sp³-hybridized carbons (Fsp3) is 0.182. The van der Waals surface area contributed by atoms with E-state index in [-0.39, 0.29) is 0 Å². The number of nitrogen functional groups attached to an aromatic ring is 1. The molecule has 2 aromatic rings. The third kappa shape index (κ3) is 2.08. The van der Waals surface area contributed by atoms with Gasteiger partial charge in [-0.2, -0.15) is 0 Å². The van der Waals surface area contributed by atoms with Crippen molar-refractivity contribution in [2.75, 3.05) is 12.8 Å². The van der Waals surface area contributed by atoms with Gasteiger partial charge < -0.3 is 10.5 Å². The molecule has 16 heavy (non-hydrogen) atoms. The topological polar surface area (TPSA) is 73.9 Å². The maximum Gasteiger partial charge on any atom is 0.235 e. The molecule has 0 saturated heterocycles. The van der Waals surface area contributed by atoms with Crippen LogP contribution >= 0.6 is 0 Å². The van der Waals surface area contributed by atoms with Crippen LogP contribution in [-0.4, -0.2) is 22.1 Å². The number of nitrogens with zero attached hydrogens (tertiary/aromatic N) is 3. The maximum atomic E-state index is 5.83. The van der Waals surface area contributed by atoms with Gasteiger partial charge in [-0.1, -0.05) is 0 Å². The highest BCUT2D eigenvalue weighted by molar-refractivity contribution is 5.46. The average molecular weight is 216 g/mol. The van der Waals surface area contributed by atoms with Crippen LogP contribution < -0.4 is 10.5 Å². The lowest BCUT2D eigenvalue weighted by Crippen LogP contribution is -2.01. The first kappa shape index (κ1) is 10.4. The summed E-state index contributed by atoms with van der Waals surface area (Å²) in [7, 11) is 1.57. The molecule has 0 amide bonds. The van der Waals surface area contributed by atoms with Gasteiger partial charge in [0.05, 0.1) is 7.11 Å². The molecule has 0 radical (unpaired) electrons. The number of nitrogens with two attached hydrogens (primary N) is 1. The van der Waals surface area contributed by atoms with E-state index in [0.717, 1.165) is 11.3 Å². The molecule has 2 aromatic heterocycles.